The van der Waals surface area contributed by atoms with Crippen molar-refractivity contribution in [1.29, 1.82) is 0 Å². The third-order valence-corrected chi connectivity index (χ3v) is 2.21. The van der Waals surface area contributed by atoms with E-state index >= 15 is 0 Å². The number of carbonyl (C=O) groups excluding carboxylic acids is 1. The van der Waals surface area contributed by atoms with E-state index in [0.717, 1.165) is 0 Å². The predicted octanol–water partition coefficient (Wildman–Crippen LogP) is 0.776. The van der Waals surface area contributed by atoms with Gasteiger partial charge in [-0.15, -0.1) is 0 Å². The molecule has 0 unspecified atom stereocenters. The fourth-order valence-electron chi connectivity index (χ4n) is 1.35. The lowest BCUT2D eigenvalue weighted by Crippen LogP contribution is -2.13. The molecular weight excluding hydrogens is 232 g/mol. The van der Waals surface area contributed by atoms with Crippen molar-refractivity contribution >= 4 is 11.7 Å². The Kier molecular flexibility index (Phi) is 4.33. The Morgan fingerprint density at radius 3 is 2.71 bits per heavy atom. The van der Waals surface area contributed by atoms with Gasteiger partial charge in [0.1, 0.15) is 5.69 Å². The number of halogens is 2. The minimum atomic E-state index is -2.79. The molecular formula is C10H13F2N3O2. The molecule has 0 aromatic carbocycles. The molecule has 0 saturated heterocycles. The van der Waals surface area contributed by atoms with E-state index in [1.165, 1.54) is 13.2 Å². The first-order chi connectivity index (χ1) is 7.99. The van der Waals surface area contributed by atoms with Gasteiger partial charge >= 0.3 is 5.97 Å². The number of hydrogen-bond donors (Lipinski definition) is 2. The highest BCUT2D eigenvalue weighted by Crippen LogP contribution is 2.25. The molecule has 1 aromatic rings. The second kappa shape index (κ2) is 5.53. The second-order valence-corrected chi connectivity index (χ2v) is 3.33. The van der Waals surface area contributed by atoms with Gasteiger partial charge in [0, 0.05) is 6.54 Å². The lowest BCUT2D eigenvalue weighted by Gasteiger charge is -2.11. The van der Waals surface area contributed by atoms with Crippen LogP contribution in [-0.2, 0) is 22.5 Å². The van der Waals surface area contributed by atoms with Gasteiger partial charge in [0.25, 0.3) is 6.43 Å². The fraction of sp³-hybridized carbons (Fsp3) is 0.400. The second-order valence-electron chi connectivity index (χ2n) is 3.33. The molecule has 0 bridgehead atoms. The summed E-state index contributed by atoms with van der Waals surface area (Å²) in [5.74, 6) is -0.631. The largest absolute Gasteiger partial charge is 0.469 e. The molecule has 94 valence electrons. The van der Waals surface area contributed by atoms with Gasteiger partial charge in [-0.3, -0.25) is 4.79 Å². The third-order valence-electron chi connectivity index (χ3n) is 2.21. The van der Waals surface area contributed by atoms with Crippen LogP contribution in [0.1, 0.15) is 23.4 Å². The minimum absolute atomic E-state index is 0.0376. The van der Waals surface area contributed by atoms with Crippen LogP contribution in [0.2, 0.25) is 0 Å². The van der Waals surface area contributed by atoms with Gasteiger partial charge in [0.15, 0.2) is 0 Å². The first kappa shape index (κ1) is 13.3. The number of anilines is 1. The number of alkyl halides is 2. The molecule has 0 aliphatic carbocycles. The molecule has 0 amide bonds. The van der Waals surface area contributed by atoms with Crippen LogP contribution in [-0.4, -0.2) is 18.1 Å². The zero-order chi connectivity index (χ0) is 13.0. The normalized spacial score (nSPS) is 10.6. The number of rotatable bonds is 4. The Hall–Kier alpha value is -1.76. The van der Waals surface area contributed by atoms with Crippen LogP contribution >= 0.6 is 0 Å². The zero-order valence-corrected chi connectivity index (χ0v) is 9.24. The number of pyridine rings is 1. The highest BCUT2D eigenvalue weighted by Gasteiger charge is 2.19. The average Bonchev–Trinajstić information content (AvgIpc) is 2.28. The summed E-state index contributed by atoms with van der Waals surface area (Å²) in [5.41, 5.74) is 10.9. The Balaban J connectivity index is 3.18. The van der Waals surface area contributed by atoms with Crippen molar-refractivity contribution < 1.29 is 18.3 Å². The quantitative estimate of drug-likeness (QED) is 0.765. The van der Waals surface area contributed by atoms with Crippen LogP contribution in [0.3, 0.4) is 0 Å². The summed E-state index contributed by atoms with van der Waals surface area (Å²) in [5, 5.41) is 0. The number of nitrogen functional groups attached to an aromatic ring is 1. The molecule has 17 heavy (non-hydrogen) atoms. The molecule has 0 radical (unpaired) electrons. The number of nitrogens with two attached hydrogens (primary N) is 2. The molecule has 1 heterocycles. The highest BCUT2D eigenvalue weighted by atomic mass is 19.3. The molecule has 0 aliphatic rings. The summed E-state index contributed by atoms with van der Waals surface area (Å²) in [6.07, 6.45) is -3.08. The molecule has 7 heteroatoms. The van der Waals surface area contributed by atoms with Gasteiger partial charge in [0.05, 0.1) is 24.9 Å². The van der Waals surface area contributed by atoms with E-state index in [1.54, 1.807) is 0 Å². The summed E-state index contributed by atoms with van der Waals surface area (Å²) in [6.45, 7) is -0.0376. The van der Waals surface area contributed by atoms with Crippen LogP contribution in [0.4, 0.5) is 14.5 Å². The fourth-order valence-corrected chi connectivity index (χ4v) is 1.35. The number of nitrogens with zero attached hydrogens (tertiary/aromatic N) is 1. The van der Waals surface area contributed by atoms with E-state index in [9.17, 15) is 13.6 Å². The summed E-state index contributed by atoms with van der Waals surface area (Å²) in [4.78, 5) is 14.7. The first-order valence-corrected chi connectivity index (χ1v) is 4.82. The number of methoxy groups -OCH3 is 1. The standard InChI is InChI=1S/C10H13F2N3O2/c1-17-8(16)3-5-2-6(14)7(4-13)15-9(5)10(11)12/h2,10H,3-4,13-14H2,1H3. The summed E-state index contributed by atoms with van der Waals surface area (Å²) in [7, 11) is 1.18. The zero-order valence-electron chi connectivity index (χ0n) is 9.24. The topological polar surface area (TPSA) is 91.2 Å². The first-order valence-electron chi connectivity index (χ1n) is 4.82. The average molecular weight is 245 g/mol. The maximum absolute atomic E-state index is 12.7. The van der Waals surface area contributed by atoms with Crippen LogP contribution in [0.5, 0.6) is 0 Å². The van der Waals surface area contributed by atoms with E-state index in [-0.39, 0.29) is 29.9 Å². The molecule has 5 nitrogen and oxygen atoms in total. The maximum Gasteiger partial charge on any atom is 0.310 e. The van der Waals surface area contributed by atoms with E-state index < -0.39 is 18.1 Å². The maximum atomic E-state index is 12.7. The van der Waals surface area contributed by atoms with Crippen molar-refractivity contribution in [2.45, 2.75) is 19.4 Å². The van der Waals surface area contributed by atoms with Gasteiger partial charge in [-0.05, 0) is 11.6 Å². The van der Waals surface area contributed by atoms with Crippen molar-refractivity contribution in [3.63, 3.8) is 0 Å². The number of ether oxygens (including phenoxy) is 1. The van der Waals surface area contributed by atoms with E-state index in [1.807, 2.05) is 0 Å². The molecule has 0 atom stereocenters. The van der Waals surface area contributed by atoms with Crippen molar-refractivity contribution in [2.75, 3.05) is 12.8 Å². The van der Waals surface area contributed by atoms with Crippen LogP contribution in [0, 0.1) is 0 Å². The smallest absolute Gasteiger partial charge is 0.310 e. The van der Waals surface area contributed by atoms with Gasteiger partial charge in [-0.2, -0.15) is 0 Å². The Bertz CT molecular complexity index is 424. The van der Waals surface area contributed by atoms with Gasteiger partial charge in [-0.1, -0.05) is 0 Å². The van der Waals surface area contributed by atoms with Crippen LogP contribution in [0.25, 0.3) is 0 Å². The molecule has 1 aromatic heterocycles. The Morgan fingerprint density at radius 1 is 1.59 bits per heavy atom. The highest BCUT2D eigenvalue weighted by molar-refractivity contribution is 5.73. The predicted molar refractivity (Wildman–Crippen MR) is 57.2 cm³/mol. The summed E-state index contributed by atoms with van der Waals surface area (Å²) >= 11 is 0. The molecule has 1 rings (SSSR count). The van der Waals surface area contributed by atoms with Gasteiger partial charge in [0.2, 0.25) is 0 Å². The van der Waals surface area contributed by atoms with Crippen molar-refractivity contribution in [3.05, 3.63) is 23.0 Å². The lowest BCUT2D eigenvalue weighted by molar-refractivity contribution is -0.139. The van der Waals surface area contributed by atoms with Crippen LogP contribution in [0.15, 0.2) is 6.07 Å². The van der Waals surface area contributed by atoms with Crippen molar-refractivity contribution in [2.24, 2.45) is 5.73 Å². The lowest BCUT2D eigenvalue weighted by atomic mass is 10.1. The molecule has 4 N–H and O–H groups in total. The van der Waals surface area contributed by atoms with Crippen molar-refractivity contribution in [1.82, 2.24) is 4.98 Å². The van der Waals surface area contributed by atoms with Crippen molar-refractivity contribution in [3.8, 4) is 0 Å². The molecule has 0 saturated carbocycles. The van der Waals surface area contributed by atoms with E-state index in [0.29, 0.717) is 0 Å². The van der Waals surface area contributed by atoms with E-state index in [4.69, 9.17) is 11.5 Å². The monoisotopic (exact) mass is 245 g/mol. The Morgan fingerprint density at radius 2 is 2.24 bits per heavy atom. The third kappa shape index (κ3) is 3.10. The number of aromatic nitrogens is 1. The SMILES string of the molecule is COC(=O)Cc1cc(N)c(CN)nc1C(F)F. The molecule has 0 fully saturated rings. The van der Waals surface area contributed by atoms with Crippen LogP contribution < -0.4 is 11.5 Å². The number of carbonyl (C=O) groups is 1. The minimum Gasteiger partial charge on any atom is -0.469 e. The number of hydrogen-bond acceptors (Lipinski definition) is 5. The molecule has 0 aliphatic heterocycles. The molecule has 0 spiro atoms. The van der Waals surface area contributed by atoms with Gasteiger partial charge < -0.3 is 16.2 Å². The number of esters is 1. The summed E-state index contributed by atoms with van der Waals surface area (Å²) < 4.78 is 29.9. The summed E-state index contributed by atoms with van der Waals surface area (Å²) in [6, 6.07) is 1.29. The van der Waals surface area contributed by atoms with E-state index in [2.05, 4.69) is 9.72 Å². The van der Waals surface area contributed by atoms with Gasteiger partial charge in [-0.25, -0.2) is 13.8 Å². The Labute approximate surface area is 96.8 Å².